The van der Waals surface area contributed by atoms with Crippen molar-refractivity contribution in [2.75, 3.05) is 31.2 Å². The Labute approximate surface area is 112 Å². The Balaban J connectivity index is 0.00000144. The molecule has 0 N–H and O–H groups in total. The van der Waals surface area contributed by atoms with Gasteiger partial charge < -0.3 is 9.64 Å². The number of ether oxygens (including phenoxy) is 1. The number of hydrogen-bond acceptors (Lipinski definition) is 3. The second-order valence-electron chi connectivity index (χ2n) is 3.87. The summed E-state index contributed by atoms with van der Waals surface area (Å²) in [4.78, 5) is 13.3. The van der Waals surface area contributed by atoms with Crippen LogP contribution in [0.15, 0.2) is 18.2 Å². The first-order valence-corrected chi connectivity index (χ1v) is 5.69. The third kappa shape index (κ3) is 3.35. The van der Waals surface area contributed by atoms with E-state index < -0.39 is 5.24 Å². The molecule has 0 bridgehead atoms. The number of halogens is 2. The molecule has 2 rings (SSSR count). The lowest BCUT2D eigenvalue weighted by Crippen LogP contribution is -2.36. The van der Waals surface area contributed by atoms with Crippen LogP contribution in [0, 0.1) is 6.92 Å². The zero-order valence-electron chi connectivity index (χ0n) is 9.61. The maximum atomic E-state index is 11.1. The lowest BCUT2D eigenvalue weighted by molar-refractivity contribution is 0.108. The quantitative estimate of drug-likeness (QED) is 0.778. The summed E-state index contributed by atoms with van der Waals surface area (Å²) in [5.41, 5.74) is 2.63. The second kappa shape index (κ2) is 6.24. The maximum Gasteiger partial charge on any atom is 0.252 e. The van der Waals surface area contributed by atoms with Crippen molar-refractivity contribution in [1.82, 2.24) is 0 Å². The highest BCUT2D eigenvalue weighted by atomic mass is 35.5. The van der Waals surface area contributed by atoms with Crippen molar-refractivity contribution < 1.29 is 9.53 Å². The molecule has 1 heterocycles. The van der Waals surface area contributed by atoms with Gasteiger partial charge in [0.15, 0.2) is 0 Å². The molecule has 94 valence electrons. The van der Waals surface area contributed by atoms with Gasteiger partial charge in [0.25, 0.3) is 5.24 Å². The lowest BCUT2D eigenvalue weighted by atomic mass is 10.1. The van der Waals surface area contributed by atoms with Gasteiger partial charge in [0.05, 0.1) is 13.2 Å². The van der Waals surface area contributed by atoms with E-state index in [9.17, 15) is 4.79 Å². The van der Waals surface area contributed by atoms with E-state index in [-0.39, 0.29) is 12.4 Å². The average Bonchev–Trinajstić information content (AvgIpc) is 2.29. The molecular weight excluding hydrogens is 261 g/mol. The molecule has 0 unspecified atom stereocenters. The Morgan fingerprint density at radius 3 is 2.53 bits per heavy atom. The average molecular weight is 276 g/mol. The topological polar surface area (TPSA) is 29.5 Å². The van der Waals surface area contributed by atoms with Gasteiger partial charge >= 0.3 is 0 Å². The van der Waals surface area contributed by atoms with Crippen molar-refractivity contribution in [3.63, 3.8) is 0 Å². The van der Waals surface area contributed by atoms with E-state index >= 15 is 0 Å². The molecule has 0 radical (unpaired) electrons. The molecule has 0 aliphatic carbocycles. The monoisotopic (exact) mass is 275 g/mol. The van der Waals surface area contributed by atoms with Gasteiger partial charge in [-0.05, 0) is 42.3 Å². The van der Waals surface area contributed by atoms with Crippen molar-refractivity contribution in [2.24, 2.45) is 0 Å². The van der Waals surface area contributed by atoms with Crippen LogP contribution in [-0.2, 0) is 4.74 Å². The Bertz CT molecular complexity index is 403. The third-order valence-corrected chi connectivity index (χ3v) is 3.00. The molecular formula is C12H15Cl2NO2. The van der Waals surface area contributed by atoms with Crippen molar-refractivity contribution >= 4 is 34.9 Å². The molecule has 0 saturated carbocycles. The molecule has 0 spiro atoms. The standard InChI is InChI=1S/C12H14ClNO2.ClH/c1-9-8-10(2-3-11(9)12(13)15)14-4-6-16-7-5-14;/h2-3,8H,4-7H2,1H3;1H. The first-order chi connectivity index (χ1) is 7.68. The minimum Gasteiger partial charge on any atom is -0.378 e. The summed E-state index contributed by atoms with van der Waals surface area (Å²) < 4.78 is 5.30. The van der Waals surface area contributed by atoms with Crippen molar-refractivity contribution in [3.05, 3.63) is 29.3 Å². The van der Waals surface area contributed by atoms with Crippen LogP contribution in [0.3, 0.4) is 0 Å². The van der Waals surface area contributed by atoms with E-state index in [1.165, 1.54) is 0 Å². The van der Waals surface area contributed by atoms with Crippen LogP contribution in [0.25, 0.3) is 0 Å². The molecule has 5 heteroatoms. The minimum absolute atomic E-state index is 0. The number of carbonyl (C=O) groups excluding carboxylic acids is 1. The fourth-order valence-corrected chi connectivity index (χ4v) is 2.10. The van der Waals surface area contributed by atoms with Crippen molar-refractivity contribution in [2.45, 2.75) is 6.92 Å². The van der Waals surface area contributed by atoms with Crippen LogP contribution in [0.1, 0.15) is 15.9 Å². The van der Waals surface area contributed by atoms with Gasteiger partial charge in [-0.3, -0.25) is 4.79 Å². The molecule has 3 nitrogen and oxygen atoms in total. The largest absolute Gasteiger partial charge is 0.378 e. The first kappa shape index (κ1) is 14.3. The van der Waals surface area contributed by atoms with E-state index in [1.54, 1.807) is 6.07 Å². The van der Waals surface area contributed by atoms with Crippen LogP contribution in [0.4, 0.5) is 5.69 Å². The molecule has 17 heavy (non-hydrogen) atoms. The number of rotatable bonds is 2. The van der Waals surface area contributed by atoms with Crippen LogP contribution < -0.4 is 4.90 Å². The van der Waals surface area contributed by atoms with E-state index in [1.807, 2.05) is 19.1 Å². The van der Waals surface area contributed by atoms with Crippen LogP contribution in [0.5, 0.6) is 0 Å². The lowest BCUT2D eigenvalue weighted by Gasteiger charge is -2.29. The molecule has 1 aromatic carbocycles. The molecule has 1 aliphatic heterocycles. The van der Waals surface area contributed by atoms with Crippen LogP contribution in [0.2, 0.25) is 0 Å². The number of hydrogen-bond donors (Lipinski definition) is 0. The summed E-state index contributed by atoms with van der Waals surface area (Å²) in [5.74, 6) is 0. The number of benzene rings is 1. The summed E-state index contributed by atoms with van der Waals surface area (Å²) in [7, 11) is 0. The highest BCUT2D eigenvalue weighted by Crippen LogP contribution is 2.21. The smallest absolute Gasteiger partial charge is 0.252 e. The highest BCUT2D eigenvalue weighted by Gasteiger charge is 2.13. The summed E-state index contributed by atoms with van der Waals surface area (Å²) in [5, 5.41) is -0.397. The van der Waals surface area contributed by atoms with Gasteiger partial charge in [0, 0.05) is 24.3 Å². The molecule has 1 saturated heterocycles. The molecule has 0 amide bonds. The van der Waals surface area contributed by atoms with E-state index in [0.717, 1.165) is 37.6 Å². The molecule has 0 atom stereocenters. The maximum absolute atomic E-state index is 11.1. The SMILES string of the molecule is Cc1cc(N2CCOCC2)ccc1C(=O)Cl.Cl. The Hall–Kier alpha value is -0.770. The van der Waals surface area contributed by atoms with E-state index in [0.29, 0.717) is 5.56 Å². The Morgan fingerprint density at radius 2 is 2.00 bits per heavy atom. The van der Waals surface area contributed by atoms with E-state index in [2.05, 4.69) is 4.90 Å². The number of carbonyl (C=O) groups is 1. The highest BCUT2D eigenvalue weighted by molar-refractivity contribution is 6.67. The third-order valence-electron chi connectivity index (χ3n) is 2.80. The summed E-state index contributed by atoms with van der Waals surface area (Å²) >= 11 is 5.47. The summed E-state index contributed by atoms with van der Waals surface area (Å²) in [6, 6.07) is 5.73. The Kier molecular flexibility index (Phi) is 5.25. The fourth-order valence-electron chi connectivity index (χ4n) is 1.89. The number of nitrogens with zero attached hydrogens (tertiary/aromatic N) is 1. The number of anilines is 1. The van der Waals surface area contributed by atoms with Gasteiger partial charge in [-0.2, -0.15) is 0 Å². The number of aryl methyl sites for hydroxylation is 1. The predicted molar refractivity (Wildman–Crippen MR) is 71.6 cm³/mol. The normalized spacial score (nSPS) is 15.3. The first-order valence-electron chi connectivity index (χ1n) is 5.31. The van der Waals surface area contributed by atoms with Gasteiger partial charge in [-0.1, -0.05) is 0 Å². The van der Waals surface area contributed by atoms with Crippen molar-refractivity contribution in [3.8, 4) is 0 Å². The zero-order chi connectivity index (χ0) is 11.5. The molecule has 1 aliphatic rings. The second-order valence-corrected chi connectivity index (χ2v) is 4.22. The van der Waals surface area contributed by atoms with Gasteiger partial charge in [0.1, 0.15) is 0 Å². The van der Waals surface area contributed by atoms with Gasteiger partial charge in [-0.25, -0.2) is 0 Å². The van der Waals surface area contributed by atoms with Crippen LogP contribution >= 0.6 is 24.0 Å². The Morgan fingerprint density at radius 1 is 1.35 bits per heavy atom. The predicted octanol–water partition coefficient (Wildman–Crippen LogP) is 2.63. The molecule has 1 aromatic rings. The van der Waals surface area contributed by atoms with Crippen LogP contribution in [-0.4, -0.2) is 31.5 Å². The number of morpholine rings is 1. The minimum atomic E-state index is -0.397. The molecule has 0 aromatic heterocycles. The van der Waals surface area contributed by atoms with E-state index in [4.69, 9.17) is 16.3 Å². The summed E-state index contributed by atoms with van der Waals surface area (Å²) in [6.07, 6.45) is 0. The zero-order valence-corrected chi connectivity index (χ0v) is 11.2. The van der Waals surface area contributed by atoms with Crippen molar-refractivity contribution in [1.29, 1.82) is 0 Å². The summed E-state index contributed by atoms with van der Waals surface area (Å²) in [6.45, 7) is 5.21. The fraction of sp³-hybridized carbons (Fsp3) is 0.417. The van der Waals surface area contributed by atoms with Gasteiger partial charge in [0.2, 0.25) is 0 Å². The molecule has 1 fully saturated rings. The van der Waals surface area contributed by atoms with Gasteiger partial charge in [-0.15, -0.1) is 12.4 Å².